The van der Waals surface area contributed by atoms with E-state index < -0.39 is 0 Å². The van der Waals surface area contributed by atoms with Crippen LogP contribution in [0.2, 0.25) is 0 Å². The molecule has 0 N–H and O–H groups in total. The molecule has 88 valence electrons. The summed E-state index contributed by atoms with van der Waals surface area (Å²) in [4.78, 5) is 4.30. The summed E-state index contributed by atoms with van der Waals surface area (Å²) in [5.41, 5.74) is 3.42. The van der Waals surface area contributed by atoms with Crippen LogP contribution in [0.5, 0.6) is 0 Å². The van der Waals surface area contributed by atoms with Crippen LogP contribution < -0.4 is 0 Å². The maximum Gasteiger partial charge on any atom is 0.123 e. The number of aryl methyl sites for hydroxylation is 3. The van der Waals surface area contributed by atoms with E-state index in [-0.39, 0.29) is 5.82 Å². The van der Waals surface area contributed by atoms with Crippen molar-refractivity contribution in [2.24, 2.45) is 0 Å². The van der Waals surface area contributed by atoms with Crippen molar-refractivity contribution in [2.75, 3.05) is 0 Å². The first-order chi connectivity index (χ1) is 8.15. The molecule has 0 aliphatic rings. The first kappa shape index (κ1) is 12.2. The zero-order valence-corrected chi connectivity index (χ0v) is 11.2. The van der Waals surface area contributed by atoms with Crippen molar-refractivity contribution in [1.82, 2.24) is 4.98 Å². The standard InChI is InChI=1S/C14H13BrFN/c1-10-12(8-13(15)9-17-10)5-2-11-3-6-14(16)7-4-11/h3-4,6-9H,2,5H2,1H3. The Balaban J connectivity index is 2.07. The SMILES string of the molecule is Cc1ncc(Br)cc1CCc1ccc(F)cc1. The average molecular weight is 294 g/mol. The van der Waals surface area contributed by atoms with Crippen molar-refractivity contribution in [3.05, 3.63) is 63.6 Å². The van der Waals surface area contributed by atoms with Crippen molar-refractivity contribution in [1.29, 1.82) is 0 Å². The van der Waals surface area contributed by atoms with E-state index in [2.05, 4.69) is 27.0 Å². The van der Waals surface area contributed by atoms with Gasteiger partial charge in [0.05, 0.1) is 0 Å². The van der Waals surface area contributed by atoms with E-state index in [4.69, 9.17) is 0 Å². The predicted molar refractivity (Wildman–Crippen MR) is 70.5 cm³/mol. The fraction of sp³-hybridized carbons (Fsp3) is 0.214. The van der Waals surface area contributed by atoms with Crippen molar-refractivity contribution in [3.8, 4) is 0 Å². The number of pyridine rings is 1. The fourth-order valence-corrected chi connectivity index (χ4v) is 2.11. The molecule has 0 aliphatic carbocycles. The summed E-state index contributed by atoms with van der Waals surface area (Å²) in [6, 6.07) is 8.75. The third kappa shape index (κ3) is 3.37. The summed E-state index contributed by atoms with van der Waals surface area (Å²) >= 11 is 3.42. The van der Waals surface area contributed by atoms with Gasteiger partial charge in [-0.2, -0.15) is 0 Å². The molecule has 1 heterocycles. The molecule has 3 heteroatoms. The van der Waals surface area contributed by atoms with E-state index in [1.54, 1.807) is 6.20 Å². The molecule has 0 bridgehead atoms. The molecule has 0 unspecified atom stereocenters. The third-order valence-corrected chi connectivity index (χ3v) is 3.19. The molecule has 2 rings (SSSR count). The molecule has 0 aliphatic heterocycles. The van der Waals surface area contributed by atoms with E-state index in [1.165, 1.54) is 17.7 Å². The van der Waals surface area contributed by atoms with Crippen LogP contribution in [0, 0.1) is 12.7 Å². The Morgan fingerprint density at radius 2 is 1.88 bits per heavy atom. The summed E-state index contributed by atoms with van der Waals surface area (Å²) in [6.45, 7) is 2.01. The molecule has 0 amide bonds. The lowest BCUT2D eigenvalue weighted by atomic mass is 10.0. The zero-order chi connectivity index (χ0) is 12.3. The van der Waals surface area contributed by atoms with Crippen LogP contribution in [0.25, 0.3) is 0 Å². The number of rotatable bonds is 3. The van der Waals surface area contributed by atoms with Gasteiger partial charge < -0.3 is 0 Å². The molecule has 0 spiro atoms. The minimum atomic E-state index is -0.186. The molecular weight excluding hydrogens is 281 g/mol. The van der Waals surface area contributed by atoms with Gasteiger partial charge in [0, 0.05) is 16.4 Å². The van der Waals surface area contributed by atoms with Crippen molar-refractivity contribution in [2.45, 2.75) is 19.8 Å². The summed E-state index contributed by atoms with van der Waals surface area (Å²) in [5, 5.41) is 0. The molecule has 1 aromatic carbocycles. The average Bonchev–Trinajstić information content (AvgIpc) is 2.32. The number of nitrogens with zero attached hydrogens (tertiary/aromatic N) is 1. The summed E-state index contributed by atoms with van der Waals surface area (Å²) < 4.78 is 13.7. The second kappa shape index (κ2) is 5.41. The lowest BCUT2D eigenvalue weighted by Crippen LogP contribution is -1.96. The predicted octanol–water partition coefficient (Wildman–Crippen LogP) is 4.08. The van der Waals surface area contributed by atoms with Gasteiger partial charge in [-0.25, -0.2) is 4.39 Å². The Labute approximate surface area is 109 Å². The molecule has 1 aromatic heterocycles. The highest BCUT2D eigenvalue weighted by Crippen LogP contribution is 2.16. The van der Waals surface area contributed by atoms with Gasteiger partial charge in [0.15, 0.2) is 0 Å². The first-order valence-corrected chi connectivity index (χ1v) is 6.30. The molecule has 2 aromatic rings. The van der Waals surface area contributed by atoms with Crippen molar-refractivity contribution >= 4 is 15.9 Å². The lowest BCUT2D eigenvalue weighted by molar-refractivity contribution is 0.627. The van der Waals surface area contributed by atoms with Crippen LogP contribution in [0.15, 0.2) is 41.0 Å². The molecule has 0 atom stereocenters. The number of hydrogen-bond acceptors (Lipinski definition) is 1. The Morgan fingerprint density at radius 3 is 2.59 bits per heavy atom. The van der Waals surface area contributed by atoms with Gasteiger partial charge in [-0.3, -0.25) is 4.98 Å². The summed E-state index contributed by atoms with van der Waals surface area (Å²) in [5.74, 6) is -0.186. The van der Waals surface area contributed by atoms with Crippen LogP contribution in [0.1, 0.15) is 16.8 Å². The Bertz CT molecular complexity index is 508. The molecule has 0 saturated heterocycles. The Morgan fingerprint density at radius 1 is 1.18 bits per heavy atom. The smallest absolute Gasteiger partial charge is 0.123 e. The monoisotopic (exact) mass is 293 g/mol. The maximum absolute atomic E-state index is 12.8. The van der Waals surface area contributed by atoms with Gasteiger partial charge in [0.1, 0.15) is 5.82 Å². The summed E-state index contributed by atoms with van der Waals surface area (Å²) in [6.07, 6.45) is 3.62. The van der Waals surface area contributed by atoms with Crippen LogP contribution in [-0.2, 0) is 12.8 Å². The number of halogens is 2. The Kier molecular flexibility index (Phi) is 3.89. The largest absolute Gasteiger partial charge is 0.260 e. The highest BCUT2D eigenvalue weighted by molar-refractivity contribution is 9.10. The van der Waals surface area contributed by atoms with E-state index >= 15 is 0 Å². The lowest BCUT2D eigenvalue weighted by Gasteiger charge is -2.05. The molecular formula is C14H13BrFN. The second-order valence-corrected chi connectivity index (χ2v) is 4.94. The van der Waals surface area contributed by atoms with Gasteiger partial charge in [0.25, 0.3) is 0 Å². The molecule has 0 fully saturated rings. The second-order valence-electron chi connectivity index (χ2n) is 4.02. The highest BCUT2D eigenvalue weighted by atomic mass is 79.9. The fourth-order valence-electron chi connectivity index (χ4n) is 1.73. The minimum Gasteiger partial charge on any atom is -0.260 e. The van der Waals surface area contributed by atoms with Crippen LogP contribution >= 0.6 is 15.9 Å². The quantitative estimate of drug-likeness (QED) is 0.831. The third-order valence-electron chi connectivity index (χ3n) is 2.75. The summed E-state index contributed by atoms with van der Waals surface area (Å²) in [7, 11) is 0. The van der Waals surface area contributed by atoms with Gasteiger partial charge in [-0.1, -0.05) is 12.1 Å². The first-order valence-electron chi connectivity index (χ1n) is 5.50. The van der Waals surface area contributed by atoms with Gasteiger partial charge in [-0.05, 0) is 65.0 Å². The van der Waals surface area contributed by atoms with Crippen LogP contribution in [0.4, 0.5) is 4.39 Å². The van der Waals surface area contributed by atoms with E-state index in [0.29, 0.717) is 0 Å². The number of benzene rings is 1. The van der Waals surface area contributed by atoms with E-state index in [1.807, 2.05) is 19.1 Å². The molecule has 17 heavy (non-hydrogen) atoms. The minimum absolute atomic E-state index is 0.186. The van der Waals surface area contributed by atoms with Gasteiger partial charge in [-0.15, -0.1) is 0 Å². The van der Waals surface area contributed by atoms with Crippen LogP contribution in [0.3, 0.4) is 0 Å². The molecule has 0 radical (unpaired) electrons. The Hall–Kier alpha value is -1.22. The number of aromatic nitrogens is 1. The van der Waals surface area contributed by atoms with E-state index in [9.17, 15) is 4.39 Å². The van der Waals surface area contributed by atoms with Crippen LogP contribution in [-0.4, -0.2) is 4.98 Å². The molecule has 0 saturated carbocycles. The van der Waals surface area contributed by atoms with Gasteiger partial charge >= 0.3 is 0 Å². The number of hydrogen-bond donors (Lipinski definition) is 0. The maximum atomic E-state index is 12.8. The normalized spacial score (nSPS) is 10.5. The van der Waals surface area contributed by atoms with Crippen molar-refractivity contribution in [3.63, 3.8) is 0 Å². The van der Waals surface area contributed by atoms with Crippen molar-refractivity contribution < 1.29 is 4.39 Å². The van der Waals surface area contributed by atoms with E-state index in [0.717, 1.165) is 28.6 Å². The topological polar surface area (TPSA) is 12.9 Å². The zero-order valence-electron chi connectivity index (χ0n) is 9.58. The van der Waals surface area contributed by atoms with Gasteiger partial charge in [0.2, 0.25) is 0 Å². The highest BCUT2D eigenvalue weighted by Gasteiger charge is 2.02. The molecule has 1 nitrogen and oxygen atoms in total.